The molecule has 6 heteroatoms. The van der Waals surface area contributed by atoms with Gasteiger partial charge in [-0.2, -0.15) is 0 Å². The fourth-order valence-corrected chi connectivity index (χ4v) is 3.46. The second-order valence-corrected chi connectivity index (χ2v) is 10.8. The molecule has 1 N–H and O–H groups in total. The van der Waals surface area contributed by atoms with Crippen molar-refractivity contribution < 1.29 is 23.8 Å². The standard InChI is InChI=1S/C20H26O5Si/c1-23-17-10-12-19(13-11-17)25-20(21)16-6-8-18(9-7-16)24-14-4-5-15-26(2,3)22/h6-13,22H,4-5,14-15H2,1-3H3. The van der Waals surface area contributed by atoms with Crippen molar-refractivity contribution in [2.75, 3.05) is 13.7 Å². The maximum absolute atomic E-state index is 12.2. The van der Waals surface area contributed by atoms with Gasteiger partial charge in [-0.1, -0.05) is 6.42 Å². The number of methoxy groups -OCH3 is 1. The largest absolute Gasteiger partial charge is 0.497 e. The van der Waals surface area contributed by atoms with Gasteiger partial charge in [0.05, 0.1) is 19.3 Å². The average Bonchev–Trinajstić information content (AvgIpc) is 2.61. The van der Waals surface area contributed by atoms with Crippen LogP contribution in [-0.4, -0.2) is 32.8 Å². The lowest BCUT2D eigenvalue weighted by molar-refractivity contribution is 0.0734. The molecule has 0 radical (unpaired) electrons. The zero-order chi connectivity index (χ0) is 19.0. The van der Waals surface area contributed by atoms with Gasteiger partial charge in [-0.3, -0.25) is 0 Å². The van der Waals surface area contributed by atoms with Crippen molar-refractivity contribution >= 4 is 14.3 Å². The third-order valence-electron chi connectivity index (χ3n) is 3.81. The lowest BCUT2D eigenvalue weighted by Gasteiger charge is -2.13. The van der Waals surface area contributed by atoms with E-state index in [0.717, 1.165) is 18.9 Å². The molecule has 0 atom stereocenters. The Morgan fingerprint density at radius 3 is 2.08 bits per heavy atom. The number of carbonyl (C=O) groups excluding carboxylic acids is 1. The Labute approximate surface area is 155 Å². The number of hydrogen-bond donors (Lipinski definition) is 1. The van der Waals surface area contributed by atoms with Crippen molar-refractivity contribution in [3.8, 4) is 17.2 Å². The highest BCUT2D eigenvalue weighted by atomic mass is 28.4. The van der Waals surface area contributed by atoms with E-state index in [4.69, 9.17) is 14.2 Å². The molecule has 5 nitrogen and oxygen atoms in total. The van der Waals surface area contributed by atoms with Gasteiger partial charge in [-0.15, -0.1) is 0 Å². The average molecular weight is 375 g/mol. The van der Waals surface area contributed by atoms with Gasteiger partial charge in [0.2, 0.25) is 0 Å². The lowest BCUT2D eigenvalue weighted by atomic mass is 10.2. The van der Waals surface area contributed by atoms with E-state index in [2.05, 4.69) is 0 Å². The van der Waals surface area contributed by atoms with E-state index in [1.807, 2.05) is 13.1 Å². The fraction of sp³-hybridized carbons (Fsp3) is 0.350. The summed E-state index contributed by atoms with van der Waals surface area (Å²) in [6, 6.07) is 14.6. The summed E-state index contributed by atoms with van der Waals surface area (Å²) >= 11 is 0. The van der Waals surface area contributed by atoms with Gasteiger partial charge < -0.3 is 19.0 Å². The normalized spacial score (nSPS) is 11.1. The molecule has 0 amide bonds. The number of carbonyl (C=O) groups is 1. The Morgan fingerprint density at radius 2 is 1.50 bits per heavy atom. The molecule has 0 aliphatic heterocycles. The topological polar surface area (TPSA) is 65.0 Å². The number of ether oxygens (including phenoxy) is 3. The van der Waals surface area contributed by atoms with E-state index in [0.29, 0.717) is 29.4 Å². The van der Waals surface area contributed by atoms with Crippen molar-refractivity contribution in [3.63, 3.8) is 0 Å². The van der Waals surface area contributed by atoms with E-state index in [1.165, 1.54) is 0 Å². The van der Waals surface area contributed by atoms with Crippen LogP contribution in [0.5, 0.6) is 17.2 Å². The zero-order valence-corrected chi connectivity index (χ0v) is 16.5. The number of hydrogen-bond acceptors (Lipinski definition) is 5. The van der Waals surface area contributed by atoms with Crippen LogP contribution in [0.1, 0.15) is 23.2 Å². The van der Waals surface area contributed by atoms with Crippen LogP contribution < -0.4 is 14.2 Å². The molecule has 26 heavy (non-hydrogen) atoms. The summed E-state index contributed by atoms with van der Waals surface area (Å²) in [5, 5.41) is 0. The first-order chi connectivity index (χ1) is 12.4. The summed E-state index contributed by atoms with van der Waals surface area (Å²) in [5.41, 5.74) is 0.459. The van der Waals surface area contributed by atoms with Crippen molar-refractivity contribution in [3.05, 3.63) is 54.1 Å². The zero-order valence-electron chi connectivity index (χ0n) is 15.5. The fourth-order valence-electron chi connectivity index (χ4n) is 2.35. The Kier molecular flexibility index (Phi) is 7.23. The minimum Gasteiger partial charge on any atom is -0.497 e. The molecule has 0 saturated heterocycles. The first-order valence-electron chi connectivity index (χ1n) is 8.69. The van der Waals surface area contributed by atoms with E-state index < -0.39 is 14.3 Å². The summed E-state index contributed by atoms with van der Waals surface area (Å²) in [7, 11) is -0.375. The highest BCUT2D eigenvalue weighted by Crippen LogP contribution is 2.19. The molecule has 0 heterocycles. The number of rotatable bonds is 9. The van der Waals surface area contributed by atoms with Crippen LogP contribution in [0.4, 0.5) is 0 Å². The summed E-state index contributed by atoms with van der Waals surface area (Å²) in [6.07, 6.45) is 1.86. The number of unbranched alkanes of at least 4 members (excludes halogenated alkanes) is 1. The van der Waals surface area contributed by atoms with Gasteiger partial charge in [0, 0.05) is 0 Å². The molecule has 2 aromatic rings. The summed E-state index contributed by atoms with van der Waals surface area (Å²) < 4.78 is 16.1. The van der Waals surface area contributed by atoms with Crippen molar-refractivity contribution in [1.29, 1.82) is 0 Å². The monoisotopic (exact) mass is 374 g/mol. The first kappa shape index (κ1) is 20.0. The van der Waals surface area contributed by atoms with Gasteiger partial charge in [-0.25, -0.2) is 4.79 Å². The van der Waals surface area contributed by atoms with Crippen LogP contribution in [0.2, 0.25) is 19.1 Å². The molecule has 0 aliphatic carbocycles. The van der Waals surface area contributed by atoms with Gasteiger partial charge in [0.15, 0.2) is 8.32 Å². The molecule has 0 aromatic heterocycles. The smallest absolute Gasteiger partial charge is 0.343 e. The molecule has 0 bridgehead atoms. The predicted octanol–water partition coefficient (Wildman–Crippen LogP) is 4.27. The summed E-state index contributed by atoms with van der Waals surface area (Å²) in [5.74, 6) is 1.46. The third-order valence-corrected chi connectivity index (χ3v) is 5.39. The molecule has 0 spiro atoms. The molecular weight excluding hydrogens is 348 g/mol. The SMILES string of the molecule is COc1ccc(OC(=O)c2ccc(OCCCC[Si](C)(C)O)cc2)cc1. The first-order valence-corrected chi connectivity index (χ1v) is 11.8. The van der Waals surface area contributed by atoms with Gasteiger partial charge in [-0.05, 0) is 74.1 Å². The Bertz CT molecular complexity index is 690. The van der Waals surface area contributed by atoms with Crippen molar-refractivity contribution in [1.82, 2.24) is 0 Å². The van der Waals surface area contributed by atoms with E-state index >= 15 is 0 Å². The predicted molar refractivity (Wildman–Crippen MR) is 104 cm³/mol. The van der Waals surface area contributed by atoms with Gasteiger partial charge >= 0.3 is 5.97 Å². The van der Waals surface area contributed by atoms with Crippen LogP contribution in [0.25, 0.3) is 0 Å². The van der Waals surface area contributed by atoms with Crippen molar-refractivity contribution in [2.24, 2.45) is 0 Å². The molecule has 2 aromatic carbocycles. The molecule has 140 valence electrons. The van der Waals surface area contributed by atoms with Crippen LogP contribution in [0, 0.1) is 0 Å². The van der Waals surface area contributed by atoms with Crippen LogP contribution in [0.15, 0.2) is 48.5 Å². The Balaban J connectivity index is 1.79. The quantitative estimate of drug-likeness (QED) is 0.307. The minimum atomic E-state index is -1.96. The third kappa shape index (κ3) is 6.90. The lowest BCUT2D eigenvalue weighted by Crippen LogP contribution is -2.24. The van der Waals surface area contributed by atoms with E-state index in [1.54, 1.807) is 55.6 Å². The van der Waals surface area contributed by atoms with Crippen molar-refractivity contribution in [2.45, 2.75) is 32.0 Å². The maximum atomic E-state index is 12.2. The molecule has 0 aliphatic rings. The van der Waals surface area contributed by atoms with E-state index in [9.17, 15) is 9.59 Å². The maximum Gasteiger partial charge on any atom is 0.343 e. The van der Waals surface area contributed by atoms with Gasteiger partial charge in [0.25, 0.3) is 0 Å². The number of esters is 1. The molecule has 2 rings (SSSR count). The second kappa shape index (κ2) is 9.40. The van der Waals surface area contributed by atoms with Gasteiger partial charge in [0.1, 0.15) is 17.2 Å². The van der Waals surface area contributed by atoms with Crippen LogP contribution in [-0.2, 0) is 0 Å². The Morgan fingerprint density at radius 1 is 0.923 bits per heavy atom. The minimum absolute atomic E-state index is 0.420. The van der Waals surface area contributed by atoms with Crippen LogP contribution >= 0.6 is 0 Å². The second-order valence-electron chi connectivity index (χ2n) is 6.71. The molecule has 0 unspecified atom stereocenters. The number of benzene rings is 2. The highest BCUT2D eigenvalue weighted by molar-refractivity contribution is 6.69. The summed E-state index contributed by atoms with van der Waals surface area (Å²) in [6.45, 7) is 4.48. The van der Waals surface area contributed by atoms with E-state index in [-0.39, 0.29) is 0 Å². The molecule has 0 saturated carbocycles. The highest BCUT2D eigenvalue weighted by Gasteiger charge is 2.15. The van der Waals surface area contributed by atoms with Crippen LogP contribution in [0.3, 0.4) is 0 Å². The Hall–Kier alpha value is -2.31. The summed E-state index contributed by atoms with van der Waals surface area (Å²) in [4.78, 5) is 22.0. The molecule has 0 fully saturated rings. The molecular formula is C20H26O5Si.